The molecule has 0 spiro atoms. The number of anilines is 1. The number of hydrogen-bond acceptors (Lipinski definition) is 3. The highest BCUT2D eigenvalue weighted by Gasteiger charge is 1.99. The molecule has 1 N–H and O–H groups in total. The molecule has 0 saturated heterocycles. The smallest absolute Gasteiger partial charge is 0.183 e. The summed E-state index contributed by atoms with van der Waals surface area (Å²) in [5, 5.41) is 6.47. The summed E-state index contributed by atoms with van der Waals surface area (Å²) in [7, 11) is 0. The predicted molar refractivity (Wildman–Crippen MR) is 70.0 cm³/mol. The second-order valence-electron chi connectivity index (χ2n) is 3.84. The van der Waals surface area contributed by atoms with Crippen LogP contribution in [0.5, 0.6) is 0 Å². The van der Waals surface area contributed by atoms with Gasteiger partial charge in [0.2, 0.25) is 0 Å². The first-order valence-corrected chi connectivity index (χ1v) is 6.39. The van der Waals surface area contributed by atoms with Crippen molar-refractivity contribution in [2.45, 2.75) is 26.8 Å². The fourth-order valence-corrected chi connectivity index (χ4v) is 2.34. The molecule has 0 bridgehead atoms. The molecule has 0 aliphatic carbocycles. The summed E-state index contributed by atoms with van der Waals surface area (Å²) in [6, 6.07) is 8.53. The summed E-state index contributed by atoms with van der Waals surface area (Å²) >= 11 is 1.68. The maximum Gasteiger partial charge on any atom is 0.183 e. The van der Waals surface area contributed by atoms with E-state index >= 15 is 0 Å². The highest BCUT2D eigenvalue weighted by atomic mass is 32.1. The largest absolute Gasteiger partial charge is 0.357 e. The lowest BCUT2D eigenvalue weighted by Crippen LogP contribution is -1.99. The molecular weight excluding hydrogens is 216 g/mol. The molecule has 1 heterocycles. The molecule has 16 heavy (non-hydrogen) atoms. The summed E-state index contributed by atoms with van der Waals surface area (Å²) in [5.41, 5.74) is 3.76. The van der Waals surface area contributed by atoms with Crippen LogP contribution < -0.4 is 5.32 Å². The minimum Gasteiger partial charge on any atom is -0.357 e. The molecule has 2 rings (SSSR count). The van der Waals surface area contributed by atoms with Gasteiger partial charge in [0, 0.05) is 11.9 Å². The van der Waals surface area contributed by atoms with Crippen molar-refractivity contribution < 1.29 is 0 Å². The van der Waals surface area contributed by atoms with Crippen molar-refractivity contribution in [2.75, 3.05) is 5.32 Å². The fourth-order valence-electron chi connectivity index (χ4n) is 1.55. The van der Waals surface area contributed by atoms with E-state index in [9.17, 15) is 0 Å². The molecule has 84 valence electrons. The Bertz CT molecular complexity index is 462. The lowest BCUT2D eigenvalue weighted by Gasteiger charge is -2.03. The molecule has 0 atom stereocenters. The van der Waals surface area contributed by atoms with E-state index in [2.05, 4.69) is 53.8 Å². The van der Waals surface area contributed by atoms with Gasteiger partial charge < -0.3 is 5.32 Å². The summed E-state index contributed by atoms with van der Waals surface area (Å²) in [5.74, 6) is 0. The van der Waals surface area contributed by atoms with E-state index in [1.54, 1.807) is 11.3 Å². The van der Waals surface area contributed by atoms with Crippen LogP contribution in [0, 0.1) is 6.92 Å². The van der Waals surface area contributed by atoms with E-state index in [1.165, 1.54) is 11.1 Å². The summed E-state index contributed by atoms with van der Waals surface area (Å²) in [6.45, 7) is 5.08. The molecular formula is C13H16N2S. The van der Waals surface area contributed by atoms with Crippen LogP contribution in [-0.2, 0) is 13.0 Å². The van der Waals surface area contributed by atoms with Crippen LogP contribution in [0.2, 0.25) is 0 Å². The first-order chi connectivity index (χ1) is 7.78. The van der Waals surface area contributed by atoms with Crippen LogP contribution in [0.4, 0.5) is 5.13 Å². The Hall–Kier alpha value is -1.35. The van der Waals surface area contributed by atoms with E-state index in [0.717, 1.165) is 23.8 Å². The van der Waals surface area contributed by atoms with Crippen LogP contribution in [0.25, 0.3) is 0 Å². The van der Waals surface area contributed by atoms with Crippen molar-refractivity contribution in [3.05, 3.63) is 46.5 Å². The molecule has 2 aromatic rings. The van der Waals surface area contributed by atoms with Crippen molar-refractivity contribution in [1.82, 2.24) is 4.98 Å². The van der Waals surface area contributed by atoms with Crippen molar-refractivity contribution in [2.24, 2.45) is 0 Å². The first kappa shape index (κ1) is 11.1. The first-order valence-electron chi connectivity index (χ1n) is 5.51. The Balaban J connectivity index is 1.96. The van der Waals surface area contributed by atoms with Crippen LogP contribution in [0.1, 0.15) is 23.7 Å². The third kappa shape index (κ3) is 2.83. The average Bonchev–Trinajstić information content (AvgIpc) is 2.74. The number of aromatic nitrogens is 1. The minimum atomic E-state index is 0.846. The lowest BCUT2D eigenvalue weighted by molar-refractivity contribution is 1.05. The molecule has 1 aromatic heterocycles. The number of aryl methyl sites for hydroxylation is 2. The summed E-state index contributed by atoms with van der Waals surface area (Å²) in [4.78, 5) is 4.47. The van der Waals surface area contributed by atoms with Crippen molar-refractivity contribution in [1.29, 1.82) is 0 Å². The Labute approximate surface area is 100 Å². The third-order valence-corrected chi connectivity index (χ3v) is 3.29. The zero-order chi connectivity index (χ0) is 11.4. The number of nitrogens with zero attached hydrogens (tertiary/aromatic N) is 1. The quantitative estimate of drug-likeness (QED) is 0.870. The van der Waals surface area contributed by atoms with Crippen LogP contribution >= 0.6 is 11.3 Å². The van der Waals surface area contributed by atoms with E-state index in [-0.39, 0.29) is 0 Å². The average molecular weight is 232 g/mol. The van der Waals surface area contributed by atoms with Gasteiger partial charge in [0.25, 0.3) is 0 Å². The monoisotopic (exact) mass is 232 g/mol. The SMILES string of the molecule is CCc1csc(NCc2cccc(C)c2)n1. The summed E-state index contributed by atoms with van der Waals surface area (Å²) in [6.07, 6.45) is 1.00. The molecule has 3 heteroatoms. The van der Waals surface area contributed by atoms with Gasteiger partial charge in [-0.1, -0.05) is 36.8 Å². The number of hydrogen-bond donors (Lipinski definition) is 1. The van der Waals surface area contributed by atoms with Gasteiger partial charge in [-0.15, -0.1) is 11.3 Å². The molecule has 2 nitrogen and oxygen atoms in total. The molecule has 1 aromatic carbocycles. The molecule has 0 saturated carbocycles. The Morgan fingerprint density at radius 3 is 2.94 bits per heavy atom. The Kier molecular flexibility index (Phi) is 3.57. The lowest BCUT2D eigenvalue weighted by atomic mass is 10.1. The Morgan fingerprint density at radius 2 is 2.25 bits per heavy atom. The van der Waals surface area contributed by atoms with Gasteiger partial charge in [-0.05, 0) is 18.9 Å². The van der Waals surface area contributed by atoms with Crippen LogP contribution in [0.15, 0.2) is 29.6 Å². The normalized spacial score (nSPS) is 10.4. The van der Waals surface area contributed by atoms with E-state index < -0.39 is 0 Å². The van der Waals surface area contributed by atoms with E-state index in [4.69, 9.17) is 0 Å². The number of nitrogens with one attached hydrogen (secondary N) is 1. The maximum absolute atomic E-state index is 4.47. The molecule has 0 aliphatic rings. The standard InChI is InChI=1S/C13H16N2S/c1-3-12-9-16-13(15-12)14-8-11-6-4-5-10(2)7-11/h4-7,9H,3,8H2,1-2H3,(H,14,15). The topological polar surface area (TPSA) is 24.9 Å². The van der Waals surface area contributed by atoms with Crippen molar-refractivity contribution >= 4 is 16.5 Å². The predicted octanol–water partition coefficient (Wildman–Crippen LogP) is 3.63. The zero-order valence-corrected chi connectivity index (χ0v) is 10.5. The van der Waals surface area contributed by atoms with Gasteiger partial charge in [0.1, 0.15) is 0 Å². The molecule has 0 unspecified atom stereocenters. The van der Waals surface area contributed by atoms with Gasteiger partial charge >= 0.3 is 0 Å². The number of thiazole rings is 1. The minimum absolute atomic E-state index is 0.846. The second-order valence-corrected chi connectivity index (χ2v) is 4.70. The van der Waals surface area contributed by atoms with Crippen molar-refractivity contribution in [3.8, 4) is 0 Å². The van der Waals surface area contributed by atoms with Crippen LogP contribution in [-0.4, -0.2) is 4.98 Å². The second kappa shape index (κ2) is 5.12. The van der Waals surface area contributed by atoms with Gasteiger partial charge in [0.15, 0.2) is 5.13 Å². The molecule has 0 aliphatic heterocycles. The van der Waals surface area contributed by atoms with E-state index in [1.807, 2.05) is 0 Å². The van der Waals surface area contributed by atoms with Crippen LogP contribution in [0.3, 0.4) is 0 Å². The molecule has 0 amide bonds. The van der Waals surface area contributed by atoms with Gasteiger partial charge in [-0.2, -0.15) is 0 Å². The fraction of sp³-hybridized carbons (Fsp3) is 0.308. The van der Waals surface area contributed by atoms with Crippen molar-refractivity contribution in [3.63, 3.8) is 0 Å². The van der Waals surface area contributed by atoms with E-state index in [0.29, 0.717) is 0 Å². The van der Waals surface area contributed by atoms with Gasteiger partial charge in [0.05, 0.1) is 5.69 Å². The van der Waals surface area contributed by atoms with Gasteiger partial charge in [-0.25, -0.2) is 4.98 Å². The molecule has 0 fully saturated rings. The highest BCUT2D eigenvalue weighted by Crippen LogP contribution is 2.16. The Morgan fingerprint density at radius 1 is 1.38 bits per heavy atom. The molecule has 0 radical (unpaired) electrons. The maximum atomic E-state index is 4.47. The zero-order valence-electron chi connectivity index (χ0n) is 9.66. The number of rotatable bonds is 4. The summed E-state index contributed by atoms with van der Waals surface area (Å²) < 4.78 is 0. The highest BCUT2D eigenvalue weighted by molar-refractivity contribution is 7.13. The van der Waals surface area contributed by atoms with Gasteiger partial charge in [-0.3, -0.25) is 0 Å². The third-order valence-electron chi connectivity index (χ3n) is 2.44. The number of benzene rings is 1.